The summed E-state index contributed by atoms with van der Waals surface area (Å²) in [5.41, 5.74) is 2.47. The molecule has 0 unspecified atom stereocenters. The van der Waals surface area contributed by atoms with Gasteiger partial charge in [0.1, 0.15) is 11.9 Å². The van der Waals surface area contributed by atoms with Crippen molar-refractivity contribution in [2.24, 2.45) is 7.05 Å². The molecule has 23 heavy (non-hydrogen) atoms. The van der Waals surface area contributed by atoms with Gasteiger partial charge in [-0.15, -0.1) is 0 Å². The second-order valence-corrected chi connectivity index (χ2v) is 7.51. The number of hydrogen-bond donors (Lipinski definition) is 0. The maximum Gasteiger partial charge on any atom is 0.142 e. The van der Waals surface area contributed by atoms with E-state index >= 15 is 0 Å². The SMILES string of the molecule is CN(c1cnn(C)c1)C1CC(Oc2cncc(Br)c2C2CC2)C1. The molecule has 2 aromatic rings. The van der Waals surface area contributed by atoms with Crippen LogP contribution in [-0.4, -0.2) is 34.0 Å². The first-order valence-electron chi connectivity index (χ1n) is 8.13. The number of nitrogens with zero attached hydrogens (tertiary/aromatic N) is 4. The van der Waals surface area contributed by atoms with Crippen molar-refractivity contribution in [3.8, 4) is 5.75 Å². The fraction of sp³-hybridized carbons (Fsp3) is 0.529. The van der Waals surface area contributed by atoms with Crippen molar-refractivity contribution in [3.63, 3.8) is 0 Å². The standard InChI is InChI=1S/C17H21BrN4O/c1-21-10-13(7-20-21)22(2)12-5-14(6-12)23-16-9-19-8-15(18)17(16)11-3-4-11/h7-12,14H,3-6H2,1-2H3. The summed E-state index contributed by atoms with van der Waals surface area (Å²) in [6.07, 6.45) is 12.6. The number of pyridine rings is 1. The molecule has 0 atom stereocenters. The molecule has 122 valence electrons. The first kappa shape index (κ1) is 15.0. The van der Waals surface area contributed by atoms with Gasteiger partial charge in [-0.25, -0.2) is 0 Å². The first-order valence-corrected chi connectivity index (χ1v) is 8.92. The van der Waals surface area contributed by atoms with E-state index in [1.807, 2.05) is 30.3 Å². The molecule has 2 fully saturated rings. The third-order valence-corrected chi connectivity index (χ3v) is 5.53. The maximum absolute atomic E-state index is 6.25. The number of aromatic nitrogens is 3. The summed E-state index contributed by atoms with van der Waals surface area (Å²) in [4.78, 5) is 6.58. The van der Waals surface area contributed by atoms with Gasteiger partial charge in [0.25, 0.3) is 0 Å². The summed E-state index contributed by atoms with van der Waals surface area (Å²) < 4.78 is 9.17. The van der Waals surface area contributed by atoms with Crippen molar-refractivity contribution in [1.82, 2.24) is 14.8 Å². The Morgan fingerprint density at radius 3 is 2.70 bits per heavy atom. The summed E-state index contributed by atoms with van der Waals surface area (Å²) in [6, 6.07) is 0.522. The van der Waals surface area contributed by atoms with Crippen LogP contribution < -0.4 is 9.64 Å². The summed E-state index contributed by atoms with van der Waals surface area (Å²) >= 11 is 3.63. The highest BCUT2D eigenvalue weighted by molar-refractivity contribution is 9.10. The van der Waals surface area contributed by atoms with Crippen LogP contribution in [0.3, 0.4) is 0 Å². The Labute approximate surface area is 144 Å². The molecule has 0 amide bonds. The van der Waals surface area contributed by atoms with Gasteiger partial charge in [-0.1, -0.05) is 0 Å². The Bertz CT molecular complexity index is 706. The fourth-order valence-electron chi connectivity index (χ4n) is 3.22. The zero-order chi connectivity index (χ0) is 16.0. The summed E-state index contributed by atoms with van der Waals surface area (Å²) in [5, 5.41) is 4.24. The van der Waals surface area contributed by atoms with E-state index in [1.54, 1.807) is 0 Å². The molecule has 4 rings (SSSR count). The van der Waals surface area contributed by atoms with Crippen LogP contribution in [0.1, 0.15) is 37.2 Å². The van der Waals surface area contributed by atoms with Gasteiger partial charge in [0.05, 0.1) is 18.1 Å². The van der Waals surface area contributed by atoms with E-state index in [0.717, 1.165) is 23.1 Å². The van der Waals surface area contributed by atoms with Crippen LogP contribution in [0.15, 0.2) is 29.3 Å². The lowest BCUT2D eigenvalue weighted by molar-refractivity contribution is 0.0970. The van der Waals surface area contributed by atoms with Gasteiger partial charge < -0.3 is 9.64 Å². The molecule has 0 aromatic carbocycles. The zero-order valence-electron chi connectivity index (χ0n) is 13.4. The van der Waals surface area contributed by atoms with E-state index in [1.165, 1.54) is 24.1 Å². The van der Waals surface area contributed by atoms with E-state index < -0.39 is 0 Å². The fourth-order valence-corrected chi connectivity index (χ4v) is 3.86. The van der Waals surface area contributed by atoms with Gasteiger partial charge in [0, 0.05) is 55.4 Å². The molecule has 2 aliphatic carbocycles. The lowest BCUT2D eigenvalue weighted by Crippen LogP contribution is -2.47. The van der Waals surface area contributed by atoms with E-state index in [-0.39, 0.29) is 6.10 Å². The van der Waals surface area contributed by atoms with Crippen molar-refractivity contribution in [3.05, 3.63) is 34.8 Å². The minimum absolute atomic E-state index is 0.285. The molecule has 2 aliphatic rings. The molecule has 0 N–H and O–H groups in total. The lowest BCUT2D eigenvalue weighted by atomic mass is 9.88. The minimum atomic E-state index is 0.285. The maximum atomic E-state index is 6.25. The Kier molecular flexibility index (Phi) is 3.79. The number of hydrogen-bond acceptors (Lipinski definition) is 4. The molecule has 0 spiro atoms. The molecule has 5 nitrogen and oxygen atoms in total. The normalized spacial score (nSPS) is 23.4. The van der Waals surface area contributed by atoms with Crippen molar-refractivity contribution in [2.75, 3.05) is 11.9 Å². The average molecular weight is 377 g/mol. The van der Waals surface area contributed by atoms with Crippen molar-refractivity contribution >= 4 is 21.6 Å². The van der Waals surface area contributed by atoms with Crippen molar-refractivity contribution in [2.45, 2.75) is 43.7 Å². The zero-order valence-corrected chi connectivity index (χ0v) is 15.0. The van der Waals surface area contributed by atoms with Gasteiger partial charge in [-0.2, -0.15) is 5.10 Å². The Morgan fingerprint density at radius 2 is 2.04 bits per heavy atom. The second-order valence-electron chi connectivity index (χ2n) is 6.66. The van der Waals surface area contributed by atoms with E-state index in [9.17, 15) is 0 Å². The molecule has 0 aliphatic heterocycles. The highest BCUT2D eigenvalue weighted by Crippen LogP contribution is 2.48. The molecular formula is C17H21BrN4O. The molecule has 6 heteroatoms. The van der Waals surface area contributed by atoms with Crippen molar-refractivity contribution < 1.29 is 4.74 Å². The Hall–Kier alpha value is -1.56. The summed E-state index contributed by atoms with van der Waals surface area (Å²) in [6.45, 7) is 0. The monoisotopic (exact) mass is 376 g/mol. The highest BCUT2D eigenvalue weighted by Gasteiger charge is 2.36. The van der Waals surface area contributed by atoms with Crippen LogP contribution in [-0.2, 0) is 7.05 Å². The van der Waals surface area contributed by atoms with Crippen LogP contribution in [0.5, 0.6) is 5.75 Å². The van der Waals surface area contributed by atoms with Crippen LogP contribution in [0, 0.1) is 0 Å². The quantitative estimate of drug-likeness (QED) is 0.800. The number of rotatable bonds is 5. The van der Waals surface area contributed by atoms with Gasteiger partial charge in [0.2, 0.25) is 0 Å². The van der Waals surface area contributed by atoms with Crippen LogP contribution in [0.2, 0.25) is 0 Å². The van der Waals surface area contributed by atoms with E-state index in [2.05, 4.69) is 44.2 Å². The lowest BCUT2D eigenvalue weighted by Gasteiger charge is -2.41. The molecule has 2 heterocycles. The third-order valence-electron chi connectivity index (χ3n) is 4.90. The average Bonchev–Trinajstić information content (AvgIpc) is 3.22. The van der Waals surface area contributed by atoms with Crippen LogP contribution >= 0.6 is 15.9 Å². The largest absolute Gasteiger partial charge is 0.488 e. The molecule has 0 saturated heterocycles. The van der Waals surface area contributed by atoms with E-state index in [4.69, 9.17) is 4.74 Å². The molecule has 0 bridgehead atoms. The number of ether oxygens (including phenoxy) is 1. The molecular weight excluding hydrogens is 356 g/mol. The summed E-state index contributed by atoms with van der Waals surface area (Å²) in [7, 11) is 4.08. The smallest absolute Gasteiger partial charge is 0.142 e. The number of anilines is 1. The van der Waals surface area contributed by atoms with Crippen molar-refractivity contribution in [1.29, 1.82) is 0 Å². The predicted molar refractivity (Wildman–Crippen MR) is 93.0 cm³/mol. The van der Waals surface area contributed by atoms with Crippen LogP contribution in [0.25, 0.3) is 0 Å². The Balaban J connectivity index is 1.39. The van der Waals surface area contributed by atoms with Gasteiger partial charge in [0.15, 0.2) is 0 Å². The third kappa shape index (κ3) is 2.96. The molecule has 0 radical (unpaired) electrons. The topological polar surface area (TPSA) is 43.2 Å². The highest BCUT2D eigenvalue weighted by atomic mass is 79.9. The Morgan fingerprint density at radius 1 is 1.26 bits per heavy atom. The van der Waals surface area contributed by atoms with Gasteiger partial charge in [-0.05, 0) is 34.7 Å². The van der Waals surface area contributed by atoms with Crippen LogP contribution in [0.4, 0.5) is 5.69 Å². The second kappa shape index (κ2) is 5.82. The first-order chi connectivity index (χ1) is 11.1. The summed E-state index contributed by atoms with van der Waals surface area (Å²) in [5.74, 6) is 1.62. The molecule has 2 saturated carbocycles. The minimum Gasteiger partial charge on any atom is -0.488 e. The predicted octanol–water partition coefficient (Wildman–Crippen LogP) is 3.50. The van der Waals surface area contributed by atoms with Gasteiger partial charge >= 0.3 is 0 Å². The van der Waals surface area contributed by atoms with Gasteiger partial charge in [-0.3, -0.25) is 9.67 Å². The van der Waals surface area contributed by atoms with E-state index in [0.29, 0.717) is 12.0 Å². The number of halogens is 1. The molecule has 2 aromatic heterocycles. The number of aryl methyl sites for hydroxylation is 1.